The Kier molecular flexibility index (Phi) is 2.66. The maximum Gasteiger partial charge on any atom is 0.278 e. The van der Waals surface area contributed by atoms with Crippen LogP contribution >= 0.6 is 0 Å². The van der Waals surface area contributed by atoms with Crippen LogP contribution in [0.5, 0.6) is 0 Å². The molecule has 0 aliphatic rings. The van der Waals surface area contributed by atoms with Gasteiger partial charge in [-0.05, 0) is 18.2 Å². The van der Waals surface area contributed by atoms with Gasteiger partial charge in [0.1, 0.15) is 5.69 Å². The molecule has 1 N–H and O–H groups in total. The van der Waals surface area contributed by atoms with E-state index in [-0.39, 0.29) is 10.6 Å². The maximum absolute atomic E-state index is 11.3. The molecule has 0 bridgehead atoms. The van der Waals surface area contributed by atoms with Crippen LogP contribution in [0.2, 0.25) is 0 Å². The summed E-state index contributed by atoms with van der Waals surface area (Å²) in [5.41, 5.74) is 2.98. The molecule has 2 heterocycles. The summed E-state index contributed by atoms with van der Waals surface area (Å²) in [4.78, 5) is 18.6. The van der Waals surface area contributed by atoms with Crippen molar-refractivity contribution in [1.29, 1.82) is 0 Å². The van der Waals surface area contributed by atoms with Crippen LogP contribution in [-0.4, -0.2) is 14.9 Å². The van der Waals surface area contributed by atoms with Gasteiger partial charge in [-0.2, -0.15) is 0 Å². The van der Waals surface area contributed by atoms with E-state index >= 15 is 0 Å². The molecule has 22 heavy (non-hydrogen) atoms. The molecule has 0 atom stereocenters. The van der Waals surface area contributed by atoms with Gasteiger partial charge in [0, 0.05) is 28.6 Å². The van der Waals surface area contributed by atoms with Gasteiger partial charge in [0.2, 0.25) is 0 Å². The average molecular weight is 289 g/mol. The minimum Gasteiger partial charge on any atom is -0.353 e. The number of rotatable bonds is 2. The van der Waals surface area contributed by atoms with Crippen LogP contribution in [0.15, 0.2) is 60.8 Å². The summed E-state index contributed by atoms with van der Waals surface area (Å²) in [7, 11) is 0. The molecule has 0 aliphatic carbocycles. The van der Waals surface area contributed by atoms with Crippen LogP contribution in [-0.2, 0) is 0 Å². The molecule has 0 amide bonds. The van der Waals surface area contributed by atoms with E-state index in [2.05, 4.69) is 9.97 Å². The molecule has 106 valence electrons. The van der Waals surface area contributed by atoms with Crippen molar-refractivity contribution in [2.45, 2.75) is 0 Å². The minimum absolute atomic E-state index is 0.0566. The van der Waals surface area contributed by atoms with Gasteiger partial charge >= 0.3 is 0 Å². The number of benzene rings is 2. The highest BCUT2D eigenvalue weighted by molar-refractivity contribution is 6.11. The van der Waals surface area contributed by atoms with Crippen molar-refractivity contribution in [2.75, 3.05) is 0 Å². The molecule has 0 saturated heterocycles. The Hall–Kier alpha value is -3.21. The summed E-state index contributed by atoms with van der Waals surface area (Å²) in [6, 6.07) is 16.5. The van der Waals surface area contributed by atoms with Crippen molar-refractivity contribution in [3.8, 4) is 11.3 Å². The van der Waals surface area contributed by atoms with Gasteiger partial charge in [-0.3, -0.25) is 15.1 Å². The highest BCUT2D eigenvalue weighted by Crippen LogP contribution is 2.35. The first-order chi connectivity index (χ1) is 10.8. The average Bonchev–Trinajstić information content (AvgIpc) is 2.93. The molecule has 0 unspecified atom stereocenters. The zero-order chi connectivity index (χ0) is 15.1. The monoisotopic (exact) mass is 289 g/mol. The van der Waals surface area contributed by atoms with Crippen LogP contribution < -0.4 is 0 Å². The highest BCUT2D eigenvalue weighted by Gasteiger charge is 2.18. The Labute approximate surface area is 125 Å². The molecule has 5 heteroatoms. The van der Waals surface area contributed by atoms with E-state index < -0.39 is 0 Å². The SMILES string of the molecule is O=[N+]([O-])c1ccccc1-c1nccc2c1[nH]c1ccccc12. The van der Waals surface area contributed by atoms with E-state index in [1.165, 1.54) is 6.07 Å². The van der Waals surface area contributed by atoms with Crippen LogP contribution in [0.1, 0.15) is 0 Å². The molecule has 0 fully saturated rings. The van der Waals surface area contributed by atoms with Gasteiger partial charge in [0.25, 0.3) is 5.69 Å². The third kappa shape index (κ3) is 1.76. The van der Waals surface area contributed by atoms with E-state index in [0.29, 0.717) is 11.3 Å². The van der Waals surface area contributed by atoms with Gasteiger partial charge in [0.05, 0.1) is 16.0 Å². The molecule has 2 aromatic heterocycles. The smallest absolute Gasteiger partial charge is 0.278 e. The first-order valence-electron chi connectivity index (χ1n) is 6.85. The van der Waals surface area contributed by atoms with E-state index in [0.717, 1.165) is 21.8 Å². The molecule has 4 rings (SSSR count). The van der Waals surface area contributed by atoms with Gasteiger partial charge in [-0.15, -0.1) is 0 Å². The van der Waals surface area contributed by atoms with Crippen molar-refractivity contribution >= 4 is 27.5 Å². The standard InChI is InChI=1S/C17H11N3O2/c21-20(22)15-8-4-2-6-13(15)16-17-12(9-10-18-16)11-5-1-3-7-14(11)19-17/h1-10,19H. The number of nitro benzene ring substituents is 1. The van der Waals surface area contributed by atoms with Crippen molar-refractivity contribution in [3.05, 3.63) is 70.9 Å². The summed E-state index contributed by atoms with van der Waals surface area (Å²) in [6.45, 7) is 0. The van der Waals surface area contributed by atoms with Gasteiger partial charge < -0.3 is 4.98 Å². The molecule has 0 saturated carbocycles. The van der Waals surface area contributed by atoms with Crippen LogP contribution in [0, 0.1) is 10.1 Å². The number of hydrogen-bond donors (Lipinski definition) is 1. The summed E-state index contributed by atoms with van der Waals surface area (Å²) in [5, 5.41) is 13.4. The molecule has 5 nitrogen and oxygen atoms in total. The van der Waals surface area contributed by atoms with Crippen molar-refractivity contribution < 1.29 is 4.92 Å². The van der Waals surface area contributed by atoms with Crippen molar-refractivity contribution in [3.63, 3.8) is 0 Å². The number of hydrogen-bond acceptors (Lipinski definition) is 3. The van der Waals surface area contributed by atoms with Gasteiger partial charge in [0.15, 0.2) is 0 Å². The fraction of sp³-hybridized carbons (Fsp3) is 0. The number of nitrogens with one attached hydrogen (secondary N) is 1. The number of H-pyrrole nitrogens is 1. The quantitative estimate of drug-likeness (QED) is 0.442. The largest absolute Gasteiger partial charge is 0.353 e. The zero-order valence-corrected chi connectivity index (χ0v) is 11.5. The summed E-state index contributed by atoms with van der Waals surface area (Å²) < 4.78 is 0. The first-order valence-corrected chi connectivity index (χ1v) is 6.85. The Morgan fingerprint density at radius 3 is 2.59 bits per heavy atom. The normalized spacial score (nSPS) is 11.1. The predicted octanol–water partition coefficient (Wildman–Crippen LogP) is 4.29. The van der Waals surface area contributed by atoms with E-state index in [1.807, 2.05) is 30.3 Å². The second-order valence-corrected chi connectivity index (χ2v) is 5.03. The van der Waals surface area contributed by atoms with Gasteiger partial charge in [-0.1, -0.05) is 30.3 Å². The summed E-state index contributed by atoms with van der Waals surface area (Å²) in [5.74, 6) is 0. The number of aromatic amines is 1. The fourth-order valence-electron chi connectivity index (χ4n) is 2.81. The zero-order valence-electron chi connectivity index (χ0n) is 11.5. The number of nitrogens with zero attached hydrogens (tertiary/aromatic N) is 2. The number of fused-ring (bicyclic) bond motifs is 3. The number of para-hydroxylation sites is 2. The molecule has 0 aliphatic heterocycles. The highest BCUT2D eigenvalue weighted by atomic mass is 16.6. The second-order valence-electron chi connectivity index (χ2n) is 5.03. The number of aromatic nitrogens is 2. The Bertz CT molecular complexity index is 1020. The predicted molar refractivity (Wildman–Crippen MR) is 85.7 cm³/mol. The molecule has 4 aromatic rings. The summed E-state index contributed by atoms with van der Waals surface area (Å²) in [6.07, 6.45) is 1.69. The molecule has 0 spiro atoms. The Morgan fingerprint density at radius 2 is 1.73 bits per heavy atom. The number of nitro groups is 1. The van der Waals surface area contributed by atoms with Crippen LogP contribution in [0.4, 0.5) is 5.69 Å². The van der Waals surface area contributed by atoms with Crippen molar-refractivity contribution in [2.24, 2.45) is 0 Å². The topological polar surface area (TPSA) is 71.8 Å². The van der Waals surface area contributed by atoms with E-state index in [1.54, 1.807) is 24.4 Å². The molecule has 0 radical (unpaired) electrons. The van der Waals surface area contributed by atoms with E-state index in [9.17, 15) is 10.1 Å². The lowest BCUT2D eigenvalue weighted by atomic mass is 10.1. The Morgan fingerprint density at radius 1 is 0.955 bits per heavy atom. The minimum atomic E-state index is -0.376. The lowest BCUT2D eigenvalue weighted by Gasteiger charge is -2.03. The molecule has 2 aromatic carbocycles. The molecular weight excluding hydrogens is 278 g/mol. The fourth-order valence-corrected chi connectivity index (χ4v) is 2.81. The van der Waals surface area contributed by atoms with Gasteiger partial charge in [-0.25, -0.2) is 0 Å². The van der Waals surface area contributed by atoms with E-state index in [4.69, 9.17) is 0 Å². The Balaban J connectivity index is 2.10. The maximum atomic E-state index is 11.3. The third-order valence-electron chi connectivity index (χ3n) is 3.78. The van der Waals surface area contributed by atoms with Crippen molar-refractivity contribution in [1.82, 2.24) is 9.97 Å². The van der Waals surface area contributed by atoms with Crippen LogP contribution in [0.3, 0.4) is 0 Å². The summed E-state index contributed by atoms with van der Waals surface area (Å²) >= 11 is 0. The lowest BCUT2D eigenvalue weighted by Crippen LogP contribution is -1.93. The van der Waals surface area contributed by atoms with Crippen LogP contribution in [0.25, 0.3) is 33.1 Å². The third-order valence-corrected chi connectivity index (χ3v) is 3.78. The lowest BCUT2D eigenvalue weighted by molar-refractivity contribution is -0.384. The number of pyridine rings is 1. The first kappa shape index (κ1) is 12.5. The molecular formula is C17H11N3O2. The second kappa shape index (κ2) is 4.66.